The molecule has 0 spiro atoms. The summed E-state index contributed by atoms with van der Waals surface area (Å²) in [5, 5.41) is 4.51. The Labute approximate surface area is 114 Å². The molecule has 1 aliphatic rings. The van der Waals surface area contributed by atoms with Gasteiger partial charge >= 0.3 is 6.03 Å². The van der Waals surface area contributed by atoms with Gasteiger partial charge in [-0.1, -0.05) is 25.7 Å². The fourth-order valence-electron chi connectivity index (χ4n) is 2.22. The zero-order chi connectivity index (χ0) is 14.3. The number of carbonyl (C=O) groups excluding carboxylic acids is 2. The molecule has 1 saturated carbocycles. The van der Waals surface area contributed by atoms with Gasteiger partial charge < -0.3 is 15.8 Å². The van der Waals surface area contributed by atoms with Crippen LogP contribution in [0.15, 0.2) is 0 Å². The van der Waals surface area contributed by atoms with Crippen molar-refractivity contribution in [3.05, 3.63) is 0 Å². The number of nitrogens with one attached hydrogen (secondary N) is 2. The molecule has 1 aliphatic carbocycles. The number of carbonyl (C=O) groups is 2. The Morgan fingerprint density at radius 2 is 1.84 bits per heavy atom. The van der Waals surface area contributed by atoms with E-state index >= 15 is 0 Å². The summed E-state index contributed by atoms with van der Waals surface area (Å²) in [7, 11) is 1.45. The van der Waals surface area contributed by atoms with Gasteiger partial charge in [0, 0.05) is 12.6 Å². The molecule has 6 nitrogen and oxygen atoms in total. The topological polar surface area (TPSA) is 93.5 Å². The molecule has 0 bridgehead atoms. The lowest BCUT2D eigenvalue weighted by atomic mass is 9.92. The van der Waals surface area contributed by atoms with Crippen LogP contribution in [-0.4, -0.2) is 37.2 Å². The van der Waals surface area contributed by atoms with Crippen molar-refractivity contribution in [3.63, 3.8) is 0 Å². The van der Waals surface area contributed by atoms with E-state index in [1.807, 2.05) is 0 Å². The summed E-state index contributed by atoms with van der Waals surface area (Å²) in [6.07, 6.45) is 5.82. The molecule has 0 aromatic carbocycles. The van der Waals surface area contributed by atoms with Crippen LogP contribution < -0.4 is 16.4 Å². The molecule has 0 heterocycles. The van der Waals surface area contributed by atoms with Crippen molar-refractivity contribution in [1.29, 1.82) is 0 Å². The number of hydrogen-bond donors (Lipinski definition) is 3. The fraction of sp³-hybridized carbons (Fsp3) is 0.846. The molecule has 1 atom stereocenters. The van der Waals surface area contributed by atoms with Crippen molar-refractivity contribution in [2.24, 2.45) is 5.73 Å². The highest BCUT2D eigenvalue weighted by molar-refractivity contribution is 5.96. The average Bonchev–Trinajstić information content (AvgIpc) is 2.61. The normalized spacial score (nSPS) is 20.2. The third-order valence-corrected chi connectivity index (χ3v) is 3.55. The Hall–Kier alpha value is -1.14. The quantitative estimate of drug-likeness (QED) is 0.662. The minimum atomic E-state index is -0.680. The molecule has 1 rings (SSSR count). The number of ether oxygens (including phenoxy) is 1. The first-order valence-corrected chi connectivity index (χ1v) is 6.90. The second-order valence-corrected chi connectivity index (χ2v) is 5.30. The molecule has 6 heteroatoms. The van der Waals surface area contributed by atoms with E-state index in [0.29, 0.717) is 6.61 Å². The van der Waals surface area contributed by atoms with Crippen LogP contribution in [0.4, 0.5) is 4.79 Å². The van der Waals surface area contributed by atoms with Crippen LogP contribution in [0, 0.1) is 0 Å². The minimum Gasteiger partial charge on any atom is -0.367 e. The minimum absolute atomic E-state index is 0.335. The Morgan fingerprint density at radius 1 is 1.26 bits per heavy atom. The molecule has 0 aliphatic heterocycles. The zero-order valence-electron chi connectivity index (χ0n) is 11.8. The highest BCUT2D eigenvalue weighted by Crippen LogP contribution is 2.25. The van der Waals surface area contributed by atoms with Crippen molar-refractivity contribution in [1.82, 2.24) is 10.6 Å². The highest BCUT2D eigenvalue weighted by Gasteiger charge is 2.28. The lowest BCUT2D eigenvalue weighted by Crippen LogP contribution is -2.48. The van der Waals surface area contributed by atoms with Gasteiger partial charge in [0.2, 0.25) is 0 Å². The van der Waals surface area contributed by atoms with Gasteiger partial charge in [0.1, 0.15) is 6.10 Å². The van der Waals surface area contributed by atoms with E-state index in [9.17, 15) is 9.59 Å². The predicted molar refractivity (Wildman–Crippen MR) is 72.6 cm³/mol. The Bertz CT molecular complexity index is 312. The van der Waals surface area contributed by atoms with Gasteiger partial charge in [0.05, 0.1) is 6.61 Å². The molecule has 0 aromatic rings. The Kier molecular flexibility index (Phi) is 6.24. The smallest absolute Gasteiger partial charge is 0.321 e. The van der Waals surface area contributed by atoms with E-state index in [0.717, 1.165) is 25.7 Å². The molecule has 3 amide bonds. The maximum Gasteiger partial charge on any atom is 0.321 e. The van der Waals surface area contributed by atoms with Crippen molar-refractivity contribution < 1.29 is 14.3 Å². The highest BCUT2D eigenvalue weighted by atomic mass is 16.5. The van der Waals surface area contributed by atoms with Gasteiger partial charge in [-0.25, -0.2) is 4.79 Å². The molecule has 19 heavy (non-hydrogen) atoms. The summed E-state index contributed by atoms with van der Waals surface area (Å²) in [6.45, 7) is 1.98. The lowest BCUT2D eigenvalue weighted by Gasteiger charge is -2.29. The van der Waals surface area contributed by atoms with Gasteiger partial charge in [0.15, 0.2) is 0 Å². The molecule has 0 saturated heterocycles. The van der Waals surface area contributed by atoms with E-state index in [2.05, 4.69) is 10.6 Å². The van der Waals surface area contributed by atoms with Crippen LogP contribution in [-0.2, 0) is 9.53 Å². The molecule has 1 fully saturated rings. The van der Waals surface area contributed by atoms with E-state index < -0.39 is 18.0 Å². The van der Waals surface area contributed by atoms with Gasteiger partial charge in [-0.15, -0.1) is 0 Å². The van der Waals surface area contributed by atoms with Crippen molar-refractivity contribution in [2.75, 3.05) is 13.7 Å². The molecule has 0 aromatic heterocycles. The Morgan fingerprint density at radius 3 is 2.37 bits per heavy atom. The third-order valence-electron chi connectivity index (χ3n) is 3.55. The largest absolute Gasteiger partial charge is 0.367 e. The summed E-state index contributed by atoms with van der Waals surface area (Å²) in [6, 6.07) is -0.530. The van der Waals surface area contributed by atoms with E-state index in [1.165, 1.54) is 19.9 Å². The number of nitrogens with two attached hydrogens (primary N) is 1. The number of urea groups is 1. The molecule has 0 radical (unpaired) electrons. The molecule has 110 valence electrons. The first kappa shape index (κ1) is 15.9. The monoisotopic (exact) mass is 271 g/mol. The maximum absolute atomic E-state index is 11.6. The van der Waals surface area contributed by atoms with Crippen LogP contribution in [0.5, 0.6) is 0 Å². The first-order valence-electron chi connectivity index (χ1n) is 6.90. The second kappa shape index (κ2) is 7.45. The molecular weight excluding hydrogens is 246 g/mol. The van der Waals surface area contributed by atoms with E-state index in [1.54, 1.807) is 6.92 Å². The fourth-order valence-corrected chi connectivity index (χ4v) is 2.22. The molecular formula is C13H25N3O3. The third kappa shape index (κ3) is 5.57. The van der Waals surface area contributed by atoms with Gasteiger partial charge in [-0.3, -0.25) is 10.1 Å². The summed E-state index contributed by atoms with van der Waals surface area (Å²) in [5.74, 6) is -0.448. The lowest BCUT2D eigenvalue weighted by molar-refractivity contribution is -0.131. The standard InChI is InChI=1S/C13H25N3O3/c1-10(11(17)16-12(18)15-2)19-9-13(14)7-5-3-4-6-8-13/h10H,3-9,14H2,1-2H3,(H2,15,16,17,18). The van der Waals surface area contributed by atoms with E-state index in [-0.39, 0.29) is 5.54 Å². The first-order chi connectivity index (χ1) is 8.97. The van der Waals surface area contributed by atoms with Crippen molar-refractivity contribution in [3.8, 4) is 0 Å². The van der Waals surface area contributed by atoms with Gasteiger partial charge in [-0.05, 0) is 19.8 Å². The predicted octanol–water partition coefficient (Wildman–Crippen LogP) is 0.899. The van der Waals surface area contributed by atoms with Crippen LogP contribution in [0.25, 0.3) is 0 Å². The van der Waals surface area contributed by atoms with Gasteiger partial charge in [0.25, 0.3) is 5.91 Å². The number of rotatable bonds is 4. The Balaban J connectivity index is 2.37. The second-order valence-electron chi connectivity index (χ2n) is 5.30. The summed E-state index contributed by atoms with van der Waals surface area (Å²) >= 11 is 0. The number of imide groups is 1. The summed E-state index contributed by atoms with van der Waals surface area (Å²) in [4.78, 5) is 22.6. The molecule has 1 unspecified atom stereocenters. The molecule has 4 N–H and O–H groups in total. The number of hydrogen-bond acceptors (Lipinski definition) is 4. The zero-order valence-corrected chi connectivity index (χ0v) is 11.8. The SMILES string of the molecule is CNC(=O)NC(=O)C(C)OCC1(N)CCCCCC1. The van der Waals surface area contributed by atoms with Crippen molar-refractivity contribution >= 4 is 11.9 Å². The average molecular weight is 271 g/mol. The maximum atomic E-state index is 11.6. The van der Waals surface area contributed by atoms with Crippen LogP contribution >= 0.6 is 0 Å². The van der Waals surface area contributed by atoms with Crippen molar-refractivity contribution in [2.45, 2.75) is 57.1 Å². The summed E-state index contributed by atoms with van der Waals surface area (Å²) in [5.41, 5.74) is 5.96. The van der Waals surface area contributed by atoms with Crippen LogP contribution in [0.2, 0.25) is 0 Å². The summed E-state index contributed by atoms with van der Waals surface area (Å²) < 4.78 is 5.53. The van der Waals surface area contributed by atoms with Gasteiger partial charge in [-0.2, -0.15) is 0 Å². The van der Waals surface area contributed by atoms with Crippen LogP contribution in [0.1, 0.15) is 45.4 Å². The van der Waals surface area contributed by atoms with Crippen LogP contribution in [0.3, 0.4) is 0 Å². The number of amides is 3. The van der Waals surface area contributed by atoms with E-state index in [4.69, 9.17) is 10.5 Å².